The molecule has 87 heavy (non-hydrogen) atoms. The average molecular weight is 1190 g/mol. The first kappa shape index (κ1) is 58.9. The first-order valence-corrected chi connectivity index (χ1v) is 35.8. The van der Waals surface area contributed by atoms with Gasteiger partial charge in [-0.1, -0.05) is 299 Å². The SMILES string of the molecule is CCCCCCCCc1ccc(-c2ccc3c(c2)sc2c3c3sc4cc(-c5ccc(CCCCCCCC)cc5-c5ccccc5)ccc4c3c3sc4cc(-c5ccc(CCCCCCCC)cc5-c5ccccc5)ccc4c23)c(-c2ccccc2)c1. The zero-order valence-corrected chi connectivity index (χ0v) is 54.1. The second-order valence-corrected chi connectivity index (χ2v) is 28.0. The molecule has 0 aliphatic carbocycles. The number of hydrogen-bond donors (Lipinski definition) is 0. The maximum Gasteiger partial charge on any atom is 0.0463 e. The molecule has 3 heterocycles. The standard InChI is InChI=1S/C84H84S3/c1-4-7-10-13-16-22-31-58-40-46-67(73(52-58)61-34-25-19-26-35-61)64-43-49-70-76(55-64)85-82-79(70)83-81(72-51-45-66(57-78(72)86-83)69-48-42-60(33-24-18-15-12-9-6-3)54-75(69)63-38-29-21-30-39-63)84-80(82)71-50-44-65(56-77(71)87-84)68-47-41-59(32-23-17-14-11-8-5-2)53-74(68)62-36-27-20-28-37-62/h19-21,25-30,34-57H,4-18,22-24,31-33H2,1-3H3. The number of thiophene rings is 3. The molecule has 13 aromatic rings. The van der Waals surface area contributed by atoms with Crippen LogP contribution in [0.3, 0.4) is 0 Å². The van der Waals surface area contributed by atoms with Crippen LogP contribution >= 0.6 is 34.0 Å². The Hall–Kier alpha value is -7.14. The fourth-order valence-electron chi connectivity index (χ4n) is 13.9. The number of aryl methyl sites for hydroxylation is 3. The van der Waals surface area contributed by atoms with E-state index < -0.39 is 0 Å². The van der Waals surface area contributed by atoms with E-state index in [-0.39, 0.29) is 0 Å². The summed E-state index contributed by atoms with van der Waals surface area (Å²) in [6.45, 7) is 6.91. The Balaban J connectivity index is 0.955. The second kappa shape index (κ2) is 27.9. The maximum absolute atomic E-state index is 2.52. The highest BCUT2D eigenvalue weighted by atomic mass is 32.1. The molecule has 0 nitrogen and oxygen atoms in total. The summed E-state index contributed by atoms with van der Waals surface area (Å²) >= 11 is 6.02. The van der Waals surface area contributed by atoms with Gasteiger partial charge in [-0.25, -0.2) is 0 Å². The second-order valence-electron chi connectivity index (χ2n) is 24.8. The topological polar surface area (TPSA) is 0 Å². The number of unbranched alkanes of at least 4 members (excludes halogenated alkanes) is 15. The first-order chi connectivity index (χ1) is 43.0. The minimum Gasteiger partial charge on any atom is -0.134 e. The molecule has 0 N–H and O–H groups in total. The van der Waals surface area contributed by atoms with Crippen LogP contribution in [0.25, 0.3) is 127 Å². The van der Waals surface area contributed by atoms with Crippen molar-refractivity contribution in [1.82, 2.24) is 0 Å². The highest BCUT2D eigenvalue weighted by Crippen LogP contribution is 2.55. The zero-order chi connectivity index (χ0) is 58.9. The van der Waals surface area contributed by atoms with Gasteiger partial charge in [-0.15, -0.1) is 34.0 Å². The molecule has 0 spiro atoms. The van der Waals surface area contributed by atoms with Gasteiger partial charge in [-0.05, 0) is 140 Å². The lowest BCUT2D eigenvalue weighted by Gasteiger charge is -2.13. The van der Waals surface area contributed by atoms with Crippen molar-refractivity contribution in [3.8, 4) is 66.8 Å². The van der Waals surface area contributed by atoms with Crippen LogP contribution < -0.4 is 0 Å². The monoisotopic (exact) mass is 1190 g/mol. The molecule has 438 valence electrons. The van der Waals surface area contributed by atoms with Gasteiger partial charge in [0.25, 0.3) is 0 Å². The molecule has 0 aliphatic heterocycles. The van der Waals surface area contributed by atoms with Crippen LogP contribution in [0.5, 0.6) is 0 Å². The molecule has 3 heteroatoms. The summed E-state index contributed by atoms with van der Waals surface area (Å²) in [6, 6.07) is 77.6. The molecule has 0 saturated carbocycles. The molecule has 0 atom stereocenters. The Morgan fingerprint density at radius 2 is 0.506 bits per heavy atom. The molecule has 0 aliphatic rings. The van der Waals surface area contributed by atoms with E-state index in [0.29, 0.717) is 0 Å². The van der Waals surface area contributed by atoms with Crippen molar-refractivity contribution >= 4 is 94.5 Å². The summed E-state index contributed by atoms with van der Waals surface area (Å²) < 4.78 is 8.27. The summed E-state index contributed by atoms with van der Waals surface area (Å²) in [6.07, 6.45) is 27.0. The van der Waals surface area contributed by atoms with Crippen molar-refractivity contribution in [2.75, 3.05) is 0 Å². The van der Waals surface area contributed by atoms with E-state index in [0.717, 1.165) is 19.3 Å². The third kappa shape index (κ3) is 12.8. The van der Waals surface area contributed by atoms with Crippen LogP contribution in [0.4, 0.5) is 0 Å². The molecule has 0 unspecified atom stereocenters. The van der Waals surface area contributed by atoms with Gasteiger partial charge in [0.15, 0.2) is 0 Å². The lowest BCUT2D eigenvalue weighted by atomic mass is 9.91. The minimum absolute atomic E-state index is 1.12. The van der Waals surface area contributed by atoms with Crippen molar-refractivity contribution in [2.45, 2.75) is 156 Å². The van der Waals surface area contributed by atoms with Crippen molar-refractivity contribution in [2.24, 2.45) is 0 Å². The Labute approximate surface area is 530 Å². The summed E-state index contributed by atoms with van der Waals surface area (Å²) in [5.41, 5.74) is 19.9. The molecule has 0 saturated heterocycles. The highest BCUT2D eigenvalue weighted by molar-refractivity contribution is 7.34. The summed E-state index contributed by atoms with van der Waals surface area (Å²) in [4.78, 5) is 0. The smallest absolute Gasteiger partial charge is 0.0463 e. The average Bonchev–Trinajstić information content (AvgIpc) is 1.72. The van der Waals surface area contributed by atoms with Crippen LogP contribution in [0, 0.1) is 0 Å². The fraction of sp³-hybridized carbons (Fsp3) is 0.286. The van der Waals surface area contributed by atoms with E-state index in [9.17, 15) is 0 Å². The Bertz CT molecular complexity index is 3970. The summed E-state index contributed by atoms with van der Waals surface area (Å²) in [5.74, 6) is 0. The van der Waals surface area contributed by atoms with Crippen molar-refractivity contribution in [3.05, 3.63) is 217 Å². The van der Waals surface area contributed by atoms with Crippen molar-refractivity contribution < 1.29 is 0 Å². The first-order valence-electron chi connectivity index (χ1n) is 33.3. The molecule has 13 rings (SSSR count). The van der Waals surface area contributed by atoms with Crippen molar-refractivity contribution in [1.29, 1.82) is 0 Å². The Morgan fingerprint density at radius 1 is 0.230 bits per heavy atom. The quantitative estimate of drug-likeness (QED) is 0.0450. The van der Waals surface area contributed by atoms with Crippen LogP contribution in [0.1, 0.15) is 153 Å². The normalized spacial score (nSPS) is 11.9. The van der Waals surface area contributed by atoms with Gasteiger partial charge < -0.3 is 0 Å². The number of fused-ring (bicyclic) bond motifs is 12. The van der Waals surface area contributed by atoms with Gasteiger partial charge >= 0.3 is 0 Å². The fourth-order valence-corrected chi connectivity index (χ4v) is 18.0. The van der Waals surface area contributed by atoms with E-state index in [1.165, 1.54) is 260 Å². The van der Waals surface area contributed by atoms with Crippen LogP contribution in [-0.2, 0) is 19.3 Å². The molecular weight excluding hydrogens is 1110 g/mol. The van der Waals surface area contributed by atoms with Crippen molar-refractivity contribution in [3.63, 3.8) is 0 Å². The Kier molecular flexibility index (Phi) is 18.9. The molecule has 10 aromatic carbocycles. The summed E-state index contributed by atoms with van der Waals surface area (Å²) in [5, 5.41) is 8.29. The van der Waals surface area contributed by atoms with E-state index in [1.54, 1.807) is 0 Å². The van der Waals surface area contributed by atoms with Gasteiger partial charge in [0.05, 0.1) is 0 Å². The lowest BCUT2D eigenvalue weighted by molar-refractivity contribution is 0.607. The van der Waals surface area contributed by atoms with Gasteiger partial charge in [0.1, 0.15) is 0 Å². The molecule has 3 aromatic heterocycles. The lowest BCUT2D eigenvalue weighted by Crippen LogP contribution is -1.91. The molecular formula is C84H84S3. The van der Waals surface area contributed by atoms with Gasteiger partial charge in [-0.3, -0.25) is 0 Å². The number of benzene rings is 10. The predicted octanol–water partition coefficient (Wildman–Crippen LogP) is 27.5. The van der Waals surface area contributed by atoms with E-state index >= 15 is 0 Å². The molecule has 0 radical (unpaired) electrons. The van der Waals surface area contributed by atoms with E-state index in [4.69, 9.17) is 0 Å². The third-order valence-electron chi connectivity index (χ3n) is 18.6. The Morgan fingerprint density at radius 3 is 0.793 bits per heavy atom. The molecule has 0 bridgehead atoms. The molecule has 0 amide bonds. The van der Waals surface area contributed by atoms with Crippen LogP contribution in [0.2, 0.25) is 0 Å². The van der Waals surface area contributed by atoms with Gasteiger partial charge in [0, 0.05) is 60.5 Å². The van der Waals surface area contributed by atoms with Gasteiger partial charge in [-0.2, -0.15) is 0 Å². The predicted molar refractivity (Wildman–Crippen MR) is 389 cm³/mol. The number of rotatable bonds is 27. The van der Waals surface area contributed by atoms with Crippen LogP contribution in [-0.4, -0.2) is 0 Å². The zero-order valence-electron chi connectivity index (χ0n) is 51.6. The highest BCUT2D eigenvalue weighted by Gasteiger charge is 2.24. The van der Waals surface area contributed by atoms with E-state index in [2.05, 4.69) is 221 Å². The number of hydrogen-bond acceptors (Lipinski definition) is 3. The minimum atomic E-state index is 1.12. The largest absolute Gasteiger partial charge is 0.134 e. The third-order valence-corrected chi connectivity index (χ3v) is 22.2. The molecule has 0 fully saturated rings. The van der Waals surface area contributed by atoms with Crippen LogP contribution in [0.15, 0.2) is 200 Å². The van der Waals surface area contributed by atoms with E-state index in [1.807, 2.05) is 34.0 Å². The summed E-state index contributed by atoms with van der Waals surface area (Å²) in [7, 11) is 0. The van der Waals surface area contributed by atoms with Gasteiger partial charge in [0.2, 0.25) is 0 Å². The maximum atomic E-state index is 2.52.